The van der Waals surface area contributed by atoms with E-state index in [9.17, 15) is 18.3 Å². The van der Waals surface area contributed by atoms with Crippen molar-refractivity contribution in [1.29, 1.82) is 0 Å². The Morgan fingerprint density at radius 3 is 2.06 bits per heavy atom. The van der Waals surface area contributed by atoms with Gasteiger partial charge in [0, 0.05) is 30.5 Å². The molecule has 0 spiro atoms. The van der Waals surface area contributed by atoms with Crippen LogP contribution in [0.25, 0.3) is 0 Å². The van der Waals surface area contributed by atoms with Crippen LogP contribution in [0.2, 0.25) is 5.02 Å². The van der Waals surface area contributed by atoms with E-state index in [-0.39, 0.29) is 9.80 Å². The Morgan fingerprint density at radius 1 is 0.906 bits per heavy atom. The number of hydrogen-bond donors (Lipinski definition) is 1. The molecule has 1 amide bonds. The first-order valence-corrected chi connectivity index (χ1v) is 11.7. The smallest absolute Gasteiger partial charge is 0.295 e. The Morgan fingerprint density at radius 2 is 1.50 bits per heavy atom. The van der Waals surface area contributed by atoms with Crippen LogP contribution in [0.5, 0.6) is 0 Å². The third-order valence-corrected chi connectivity index (χ3v) is 7.47. The van der Waals surface area contributed by atoms with Gasteiger partial charge in [0.05, 0.1) is 4.90 Å². The highest BCUT2D eigenvalue weighted by molar-refractivity contribution is 7.95. The molecule has 3 aromatic carbocycles. The summed E-state index contributed by atoms with van der Waals surface area (Å²) in [6, 6.07) is 20.4. The van der Waals surface area contributed by atoms with Crippen LogP contribution in [0, 0.1) is 0 Å². The van der Waals surface area contributed by atoms with Crippen LogP contribution < -0.4 is 9.80 Å². The molecule has 4 rings (SSSR count). The Balaban J connectivity index is 1.92. The summed E-state index contributed by atoms with van der Waals surface area (Å²) < 4.78 is 27.1. The van der Waals surface area contributed by atoms with Gasteiger partial charge in [-0.25, -0.2) is 8.42 Å². The number of aliphatic hydroxyl groups excluding tert-OH is 1. The lowest BCUT2D eigenvalue weighted by Crippen LogP contribution is -2.31. The van der Waals surface area contributed by atoms with E-state index in [1.54, 1.807) is 54.6 Å². The minimum atomic E-state index is -4.16. The van der Waals surface area contributed by atoms with Crippen LogP contribution in [0.1, 0.15) is 11.6 Å². The van der Waals surface area contributed by atoms with Crippen molar-refractivity contribution in [3.05, 3.63) is 100 Å². The molecule has 1 atom stereocenters. The summed E-state index contributed by atoms with van der Waals surface area (Å²) in [5, 5.41) is 11.3. The number of nitrogens with zero attached hydrogens (tertiary/aromatic N) is 2. The highest BCUT2D eigenvalue weighted by atomic mass is 35.5. The number of hydrogen-bond acceptors (Lipinski definition) is 5. The van der Waals surface area contributed by atoms with Gasteiger partial charge in [-0.05, 0) is 54.1 Å². The van der Waals surface area contributed by atoms with Crippen molar-refractivity contribution in [3.63, 3.8) is 0 Å². The van der Waals surface area contributed by atoms with Crippen LogP contribution in [0.4, 0.5) is 11.4 Å². The molecule has 8 heteroatoms. The summed E-state index contributed by atoms with van der Waals surface area (Å²) in [7, 11) is -0.375. The van der Waals surface area contributed by atoms with Gasteiger partial charge in [-0.3, -0.25) is 9.69 Å². The van der Waals surface area contributed by atoms with Gasteiger partial charge in [-0.1, -0.05) is 41.9 Å². The molecular weight excluding hydrogens is 448 g/mol. The van der Waals surface area contributed by atoms with Crippen LogP contribution in [-0.2, 0) is 14.6 Å². The minimum absolute atomic E-state index is 0.00205. The van der Waals surface area contributed by atoms with Gasteiger partial charge in [-0.15, -0.1) is 0 Å². The standard InChI is InChI=1S/C24H21ClN2O4S/c1-26(2)18-12-8-16(9-13-18)21-23(32(30,31)20-6-4-3-5-7-20)22(28)24(29)27(21)19-14-10-17(25)11-15-19/h3-15,21,28H,1-2H3/t21-/m1/s1. The molecule has 3 aromatic rings. The van der Waals surface area contributed by atoms with Crippen molar-refractivity contribution in [2.24, 2.45) is 0 Å². The zero-order chi connectivity index (χ0) is 23.0. The highest BCUT2D eigenvalue weighted by Crippen LogP contribution is 2.45. The molecule has 0 saturated carbocycles. The molecular formula is C24H21ClN2O4S. The molecule has 0 unspecified atom stereocenters. The van der Waals surface area contributed by atoms with Gasteiger partial charge in [0.15, 0.2) is 5.76 Å². The fraction of sp³-hybridized carbons (Fsp3) is 0.125. The predicted octanol–water partition coefficient (Wildman–Crippen LogP) is 4.74. The maximum Gasteiger partial charge on any atom is 0.295 e. The molecule has 0 bridgehead atoms. The van der Waals surface area contributed by atoms with Gasteiger partial charge in [0.2, 0.25) is 9.84 Å². The number of aliphatic hydroxyl groups is 1. The Kier molecular flexibility index (Phi) is 5.71. The average Bonchev–Trinajstić information content (AvgIpc) is 3.06. The topological polar surface area (TPSA) is 77.9 Å². The van der Waals surface area contributed by atoms with Crippen LogP contribution in [0.3, 0.4) is 0 Å². The monoisotopic (exact) mass is 468 g/mol. The number of halogens is 1. The quantitative estimate of drug-likeness (QED) is 0.585. The van der Waals surface area contributed by atoms with E-state index in [2.05, 4.69) is 0 Å². The zero-order valence-electron chi connectivity index (χ0n) is 17.4. The fourth-order valence-corrected chi connectivity index (χ4v) is 5.48. The molecule has 0 aromatic heterocycles. The van der Waals surface area contributed by atoms with E-state index in [0.717, 1.165) is 5.69 Å². The Bertz CT molecular complexity index is 1290. The third-order valence-electron chi connectivity index (χ3n) is 5.33. The van der Waals surface area contributed by atoms with E-state index in [0.29, 0.717) is 16.3 Å². The molecule has 1 aliphatic heterocycles. The largest absolute Gasteiger partial charge is 0.502 e. The number of rotatable bonds is 5. The minimum Gasteiger partial charge on any atom is -0.502 e. The van der Waals surface area contributed by atoms with Crippen LogP contribution in [0.15, 0.2) is 94.4 Å². The molecule has 0 radical (unpaired) electrons. The highest BCUT2D eigenvalue weighted by Gasteiger charge is 2.47. The second-order valence-electron chi connectivity index (χ2n) is 7.57. The summed E-state index contributed by atoms with van der Waals surface area (Å²) >= 11 is 6.00. The lowest BCUT2D eigenvalue weighted by atomic mass is 10.1. The van der Waals surface area contributed by atoms with E-state index in [1.165, 1.54) is 17.0 Å². The number of sulfone groups is 1. The van der Waals surface area contributed by atoms with E-state index >= 15 is 0 Å². The molecule has 1 heterocycles. The number of carbonyl (C=O) groups excluding carboxylic acids is 1. The van der Waals surface area contributed by atoms with Crippen molar-refractivity contribution in [2.75, 3.05) is 23.9 Å². The number of benzene rings is 3. The molecule has 0 saturated heterocycles. The lowest BCUT2D eigenvalue weighted by Gasteiger charge is -2.27. The molecule has 1 aliphatic rings. The van der Waals surface area contributed by atoms with Gasteiger partial charge in [0.25, 0.3) is 5.91 Å². The fourth-order valence-electron chi connectivity index (χ4n) is 3.71. The van der Waals surface area contributed by atoms with E-state index < -0.39 is 27.5 Å². The second kappa shape index (κ2) is 8.33. The number of anilines is 2. The second-order valence-corrected chi connectivity index (χ2v) is 9.92. The molecule has 0 fully saturated rings. The van der Waals surface area contributed by atoms with E-state index in [1.807, 2.05) is 31.1 Å². The van der Waals surface area contributed by atoms with Crippen LogP contribution >= 0.6 is 11.6 Å². The summed E-state index contributed by atoms with van der Waals surface area (Å²) in [5.74, 6) is -1.57. The van der Waals surface area contributed by atoms with Crippen molar-refractivity contribution < 1.29 is 18.3 Å². The first-order valence-electron chi connectivity index (χ1n) is 9.81. The van der Waals surface area contributed by atoms with E-state index in [4.69, 9.17) is 11.6 Å². The molecule has 32 heavy (non-hydrogen) atoms. The Hall–Kier alpha value is -3.29. The number of carbonyl (C=O) groups is 1. The van der Waals surface area contributed by atoms with Gasteiger partial charge in [0.1, 0.15) is 10.9 Å². The Labute approximate surface area is 191 Å². The SMILES string of the molecule is CN(C)c1ccc([C@@H]2C(S(=O)(=O)c3ccccc3)=C(O)C(=O)N2c2ccc(Cl)cc2)cc1. The summed E-state index contributed by atoms with van der Waals surface area (Å²) in [5.41, 5.74) is 1.89. The van der Waals surface area contributed by atoms with Gasteiger partial charge < -0.3 is 10.0 Å². The van der Waals surface area contributed by atoms with Gasteiger partial charge in [-0.2, -0.15) is 0 Å². The first kappa shape index (κ1) is 21.9. The molecule has 6 nitrogen and oxygen atoms in total. The molecule has 1 N–H and O–H groups in total. The van der Waals surface area contributed by atoms with Crippen molar-refractivity contribution in [1.82, 2.24) is 0 Å². The average molecular weight is 469 g/mol. The maximum atomic E-state index is 13.6. The van der Waals surface area contributed by atoms with Crippen molar-refractivity contribution >= 4 is 38.7 Å². The zero-order valence-corrected chi connectivity index (χ0v) is 19.0. The van der Waals surface area contributed by atoms with Crippen LogP contribution in [-0.4, -0.2) is 33.5 Å². The lowest BCUT2D eigenvalue weighted by molar-refractivity contribution is -0.117. The third kappa shape index (κ3) is 3.74. The van der Waals surface area contributed by atoms with Crippen molar-refractivity contribution in [2.45, 2.75) is 10.9 Å². The normalized spacial score (nSPS) is 16.5. The summed E-state index contributed by atoms with van der Waals surface area (Å²) in [6.07, 6.45) is 0. The van der Waals surface area contributed by atoms with Gasteiger partial charge >= 0.3 is 0 Å². The first-order chi connectivity index (χ1) is 15.2. The maximum absolute atomic E-state index is 13.6. The van der Waals surface area contributed by atoms with Crippen molar-refractivity contribution in [3.8, 4) is 0 Å². The molecule has 0 aliphatic carbocycles. The molecule has 164 valence electrons. The predicted molar refractivity (Wildman–Crippen MR) is 126 cm³/mol. The summed E-state index contributed by atoms with van der Waals surface area (Å²) in [4.78, 5) is 16.0. The summed E-state index contributed by atoms with van der Waals surface area (Å²) in [6.45, 7) is 0. The number of amides is 1.